The second-order valence-electron chi connectivity index (χ2n) is 4.92. The van der Waals surface area contributed by atoms with E-state index in [9.17, 15) is 0 Å². The largest absolute Gasteiger partial charge is 0.384 e. The molecule has 2 rings (SSSR count). The maximum Gasteiger partial charge on any atom is 0.0464 e. The Bertz CT molecular complexity index is 363. The zero-order chi connectivity index (χ0) is 10.3. The van der Waals surface area contributed by atoms with Crippen molar-refractivity contribution in [2.45, 2.75) is 32.6 Å². The third kappa shape index (κ3) is 1.61. The van der Waals surface area contributed by atoms with Crippen LogP contribution in [0, 0.1) is 0 Å². The molecule has 1 aliphatic rings. The summed E-state index contributed by atoms with van der Waals surface area (Å²) in [6.45, 7) is 7.63. The highest BCUT2D eigenvalue weighted by Crippen LogP contribution is 2.35. The van der Waals surface area contributed by atoms with Gasteiger partial charge in [0.15, 0.2) is 0 Å². The molecule has 0 unspecified atom stereocenters. The van der Waals surface area contributed by atoms with Crippen molar-refractivity contribution in [1.29, 1.82) is 0 Å². The lowest BCUT2D eigenvalue weighted by molar-refractivity contribution is 0.590. The average molecular weight is 210 g/mol. The summed E-state index contributed by atoms with van der Waals surface area (Å²) in [7, 11) is 0. The van der Waals surface area contributed by atoms with Gasteiger partial charge in [-0.3, -0.25) is 0 Å². The monoisotopic (exact) mass is 209 g/mol. The molecule has 0 aliphatic carbocycles. The maximum atomic E-state index is 6.25. The van der Waals surface area contributed by atoms with Gasteiger partial charge >= 0.3 is 0 Å². The molecule has 1 N–H and O–H groups in total. The Hall–Kier alpha value is -0.690. The molecular weight excluding hydrogens is 194 g/mol. The maximum absolute atomic E-state index is 6.25. The van der Waals surface area contributed by atoms with Crippen molar-refractivity contribution < 1.29 is 0 Å². The Morgan fingerprint density at radius 1 is 1.29 bits per heavy atom. The molecule has 0 spiro atoms. The molecule has 0 atom stereocenters. The van der Waals surface area contributed by atoms with Crippen molar-refractivity contribution in [3.8, 4) is 0 Å². The second kappa shape index (κ2) is 3.16. The molecule has 1 aromatic rings. The number of hydrogen-bond donors (Lipinski definition) is 1. The summed E-state index contributed by atoms with van der Waals surface area (Å²) < 4.78 is 0. The topological polar surface area (TPSA) is 12.0 Å². The van der Waals surface area contributed by atoms with E-state index in [1.165, 1.54) is 16.8 Å². The quantitative estimate of drug-likeness (QED) is 0.689. The summed E-state index contributed by atoms with van der Waals surface area (Å²) in [5.41, 5.74) is 4.00. The molecule has 1 heterocycles. The molecule has 14 heavy (non-hydrogen) atoms. The van der Waals surface area contributed by atoms with Gasteiger partial charge in [0.1, 0.15) is 0 Å². The molecule has 1 aromatic carbocycles. The number of benzene rings is 1. The summed E-state index contributed by atoms with van der Waals surface area (Å²) in [6.07, 6.45) is 1.12. The zero-order valence-electron chi connectivity index (χ0n) is 8.95. The van der Waals surface area contributed by atoms with Crippen molar-refractivity contribution in [3.63, 3.8) is 0 Å². The summed E-state index contributed by atoms with van der Waals surface area (Å²) in [4.78, 5) is 0. The molecule has 0 saturated heterocycles. The SMILES string of the molecule is CC(C)(C)c1cc2c(cc1Cl)NCC2. The fourth-order valence-electron chi connectivity index (χ4n) is 1.90. The van der Waals surface area contributed by atoms with E-state index in [2.05, 4.69) is 38.2 Å². The van der Waals surface area contributed by atoms with Gasteiger partial charge in [0.05, 0.1) is 0 Å². The fraction of sp³-hybridized carbons (Fsp3) is 0.500. The first-order valence-corrected chi connectivity index (χ1v) is 5.43. The van der Waals surface area contributed by atoms with E-state index in [1.807, 2.05) is 0 Å². The molecule has 0 amide bonds. The molecular formula is C12H16ClN. The van der Waals surface area contributed by atoms with Gasteiger partial charge in [-0.25, -0.2) is 0 Å². The third-order valence-electron chi connectivity index (χ3n) is 2.71. The van der Waals surface area contributed by atoms with E-state index in [1.54, 1.807) is 0 Å². The normalized spacial score (nSPS) is 15.1. The van der Waals surface area contributed by atoms with E-state index in [0.717, 1.165) is 18.0 Å². The van der Waals surface area contributed by atoms with Crippen LogP contribution in [-0.2, 0) is 11.8 Å². The number of nitrogens with one attached hydrogen (secondary N) is 1. The minimum atomic E-state index is 0.134. The van der Waals surface area contributed by atoms with Crippen LogP contribution >= 0.6 is 11.6 Å². The number of fused-ring (bicyclic) bond motifs is 1. The van der Waals surface area contributed by atoms with E-state index in [-0.39, 0.29) is 5.41 Å². The van der Waals surface area contributed by atoms with Gasteiger partial charge in [0.25, 0.3) is 0 Å². The van der Waals surface area contributed by atoms with Crippen molar-refractivity contribution in [2.75, 3.05) is 11.9 Å². The molecule has 76 valence electrons. The number of anilines is 1. The first-order chi connectivity index (χ1) is 6.48. The Morgan fingerprint density at radius 2 is 2.00 bits per heavy atom. The van der Waals surface area contributed by atoms with Crippen LogP contribution in [0.15, 0.2) is 12.1 Å². The molecule has 1 nitrogen and oxygen atoms in total. The summed E-state index contributed by atoms with van der Waals surface area (Å²) in [5.74, 6) is 0. The van der Waals surface area contributed by atoms with Crippen molar-refractivity contribution in [1.82, 2.24) is 0 Å². The van der Waals surface area contributed by atoms with Crippen LogP contribution in [0.4, 0.5) is 5.69 Å². The lowest BCUT2D eigenvalue weighted by Crippen LogP contribution is -2.12. The number of halogens is 1. The van der Waals surface area contributed by atoms with E-state index in [4.69, 9.17) is 11.6 Å². The van der Waals surface area contributed by atoms with Gasteiger partial charge in [-0.2, -0.15) is 0 Å². The Morgan fingerprint density at radius 3 is 2.64 bits per heavy atom. The van der Waals surface area contributed by atoms with Gasteiger partial charge in [-0.05, 0) is 29.0 Å². The first kappa shape index (κ1) is 9.85. The van der Waals surface area contributed by atoms with Crippen molar-refractivity contribution in [3.05, 3.63) is 28.3 Å². The van der Waals surface area contributed by atoms with Crippen LogP contribution in [0.25, 0.3) is 0 Å². The molecule has 0 bridgehead atoms. The van der Waals surface area contributed by atoms with Gasteiger partial charge in [0, 0.05) is 17.3 Å². The fourth-order valence-corrected chi connectivity index (χ4v) is 2.34. The van der Waals surface area contributed by atoms with Gasteiger partial charge in [-0.1, -0.05) is 38.4 Å². The van der Waals surface area contributed by atoms with Crippen LogP contribution in [0.1, 0.15) is 31.9 Å². The van der Waals surface area contributed by atoms with Crippen LogP contribution in [-0.4, -0.2) is 6.54 Å². The van der Waals surface area contributed by atoms with E-state index >= 15 is 0 Å². The second-order valence-corrected chi connectivity index (χ2v) is 5.32. The minimum absolute atomic E-state index is 0.134. The molecule has 0 radical (unpaired) electrons. The molecule has 1 aliphatic heterocycles. The Labute approximate surface area is 90.5 Å². The van der Waals surface area contributed by atoms with E-state index in [0.29, 0.717) is 0 Å². The predicted octanol–water partition coefficient (Wildman–Crippen LogP) is 3.61. The first-order valence-electron chi connectivity index (χ1n) is 5.05. The van der Waals surface area contributed by atoms with Crippen LogP contribution in [0.5, 0.6) is 0 Å². The number of rotatable bonds is 0. The molecule has 0 saturated carbocycles. The Balaban J connectivity index is 2.53. The molecule has 2 heteroatoms. The Kier molecular flexibility index (Phi) is 2.23. The minimum Gasteiger partial charge on any atom is -0.384 e. The summed E-state index contributed by atoms with van der Waals surface area (Å²) in [5, 5.41) is 4.22. The van der Waals surface area contributed by atoms with Crippen molar-refractivity contribution >= 4 is 17.3 Å². The van der Waals surface area contributed by atoms with Crippen molar-refractivity contribution in [2.24, 2.45) is 0 Å². The third-order valence-corrected chi connectivity index (χ3v) is 3.02. The van der Waals surface area contributed by atoms with E-state index < -0.39 is 0 Å². The predicted molar refractivity (Wildman–Crippen MR) is 62.3 cm³/mol. The zero-order valence-corrected chi connectivity index (χ0v) is 9.70. The van der Waals surface area contributed by atoms with Gasteiger partial charge in [0.2, 0.25) is 0 Å². The standard InChI is InChI=1S/C12H16ClN/c1-12(2,3)9-6-8-4-5-14-11(8)7-10(9)13/h6-7,14H,4-5H2,1-3H3. The smallest absolute Gasteiger partial charge is 0.0464 e. The van der Waals surface area contributed by atoms with Gasteiger partial charge in [-0.15, -0.1) is 0 Å². The summed E-state index contributed by atoms with van der Waals surface area (Å²) in [6, 6.07) is 4.31. The number of hydrogen-bond acceptors (Lipinski definition) is 1. The highest BCUT2D eigenvalue weighted by Gasteiger charge is 2.21. The van der Waals surface area contributed by atoms with Crippen LogP contribution in [0.3, 0.4) is 0 Å². The van der Waals surface area contributed by atoms with Gasteiger partial charge < -0.3 is 5.32 Å². The summed E-state index contributed by atoms with van der Waals surface area (Å²) >= 11 is 6.25. The molecule has 0 fully saturated rings. The highest BCUT2D eigenvalue weighted by atomic mass is 35.5. The van der Waals surface area contributed by atoms with Crippen LogP contribution < -0.4 is 5.32 Å². The molecule has 0 aromatic heterocycles. The lowest BCUT2D eigenvalue weighted by Gasteiger charge is -2.21. The average Bonchev–Trinajstić information content (AvgIpc) is 2.47. The van der Waals surface area contributed by atoms with Crippen LogP contribution in [0.2, 0.25) is 5.02 Å². The lowest BCUT2D eigenvalue weighted by atomic mass is 9.86. The highest BCUT2D eigenvalue weighted by molar-refractivity contribution is 6.31.